The Morgan fingerprint density at radius 3 is 2.40 bits per heavy atom. The zero-order valence-corrected chi connectivity index (χ0v) is 11.3. The Hall–Kier alpha value is -2.01. The minimum absolute atomic E-state index is 0.0199. The Balaban J connectivity index is 2.36. The van der Waals surface area contributed by atoms with Gasteiger partial charge in [-0.15, -0.1) is 0 Å². The molecule has 0 bridgehead atoms. The molecule has 2 rings (SSSR count). The van der Waals surface area contributed by atoms with Gasteiger partial charge in [0.2, 0.25) is 0 Å². The Morgan fingerprint density at radius 1 is 1.15 bits per heavy atom. The molecule has 20 heavy (non-hydrogen) atoms. The highest BCUT2D eigenvalue weighted by Gasteiger charge is 2.19. The average Bonchev–Trinajstić information content (AvgIpc) is 2.38. The van der Waals surface area contributed by atoms with E-state index < -0.39 is 17.7 Å². The maximum Gasteiger partial charge on any atom is 0.138 e. The summed E-state index contributed by atoms with van der Waals surface area (Å²) in [6.45, 7) is 3.76. The van der Waals surface area contributed by atoms with Crippen LogP contribution in [-0.2, 0) is 0 Å². The number of ether oxygens (including phenoxy) is 1. The van der Waals surface area contributed by atoms with Crippen molar-refractivity contribution in [2.45, 2.75) is 26.0 Å². The number of nitrogens with two attached hydrogens (primary N) is 1. The highest BCUT2D eigenvalue weighted by Crippen LogP contribution is 2.26. The molecule has 0 spiro atoms. The van der Waals surface area contributed by atoms with Gasteiger partial charge >= 0.3 is 0 Å². The summed E-state index contributed by atoms with van der Waals surface area (Å²) in [6, 6.07) is 4.38. The number of rotatable bonds is 4. The van der Waals surface area contributed by atoms with Crippen molar-refractivity contribution >= 4 is 0 Å². The fourth-order valence-electron chi connectivity index (χ4n) is 1.92. The van der Waals surface area contributed by atoms with Gasteiger partial charge in [0, 0.05) is 11.8 Å². The lowest BCUT2D eigenvalue weighted by Crippen LogP contribution is -2.16. The third-order valence-corrected chi connectivity index (χ3v) is 2.78. The minimum atomic E-state index is -0.931. The van der Waals surface area contributed by atoms with Gasteiger partial charge in [-0.3, -0.25) is 4.98 Å². The lowest BCUT2D eigenvalue weighted by molar-refractivity contribution is 0.241. The van der Waals surface area contributed by atoms with Crippen molar-refractivity contribution in [3.8, 4) is 5.75 Å². The highest BCUT2D eigenvalue weighted by atomic mass is 19.1. The van der Waals surface area contributed by atoms with Crippen molar-refractivity contribution in [1.82, 2.24) is 4.98 Å². The lowest BCUT2D eigenvalue weighted by Gasteiger charge is -2.16. The van der Waals surface area contributed by atoms with Gasteiger partial charge in [0.1, 0.15) is 17.4 Å². The summed E-state index contributed by atoms with van der Waals surface area (Å²) >= 11 is 0. The normalized spacial score (nSPS) is 12.5. The van der Waals surface area contributed by atoms with Crippen molar-refractivity contribution in [1.29, 1.82) is 0 Å². The quantitative estimate of drug-likeness (QED) is 0.934. The molecule has 0 amide bonds. The molecule has 5 heteroatoms. The highest BCUT2D eigenvalue weighted by molar-refractivity contribution is 5.35. The topological polar surface area (TPSA) is 48.1 Å². The molecule has 1 aromatic heterocycles. The van der Waals surface area contributed by atoms with Gasteiger partial charge in [0.15, 0.2) is 0 Å². The second kappa shape index (κ2) is 5.96. The van der Waals surface area contributed by atoms with Crippen LogP contribution in [0.15, 0.2) is 36.7 Å². The molecule has 1 unspecified atom stereocenters. The predicted octanol–water partition coefficient (Wildman–Crippen LogP) is 3.20. The molecule has 0 saturated heterocycles. The summed E-state index contributed by atoms with van der Waals surface area (Å²) in [5.41, 5.74) is 6.26. The second-order valence-corrected chi connectivity index (χ2v) is 4.73. The van der Waals surface area contributed by atoms with Crippen LogP contribution in [0.25, 0.3) is 0 Å². The Morgan fingerprint density at radius 2 is 1.80 bits per heavy atom. The van der Waals surface area contributed by atoms with Crippen LogP contribution in [-0.4, -0.2) is 11.1 Å². The van der Waals surface area contributed by atoms with E-state index in [2.05, 4.69) is 4.98 Å². The van der Waals surface area contributed by atoms with Gasteiger partial charge in [-0.25, -0.2) is 8.78 Å². The molecule has 106 valence electrons. The third-order valence-electron chi connectivity index (χ3n) is 2.78. The summed E-state index contributed by atoms with van der Waals surface area (Å²) in [5.74, 6) is -0.829. The van der Waals surface area contributed by atoms with E-state index in [0.717, 1.165) is 0 Å². The van der Waals surface area contributed by atoms with E-state index in [4.69, 9.17) is 10.5 Å². The van der Waals surface area contributed by atoms with Crippen LogP contribution in [0.4, 0.5) is 8.78 Å². The molecule has 0 radical (unpaired) electrons. The third kappa shape index (κ3) is 3.11. The van der Waals surface area contributed by atoms with Crippen LogP contribution in [0.5, 0.6) is 5.75 Å². The summed E-state index contributed by atoms with van der Waals surface area (Å²) in [5, 5.41) is 0. The van der Waals surface area contributed by atoms with E-state index in [1.165, 1.54) is 30.6 Å². The van der Waals surface area contributed by atoms with Crippen LogP contribution < -0.4 is 10.5 Å². The molecule has 3 nitrogen and oxygen atoms in total. The number of hydrogen-bond acceptors (Lipinski definition) is 3. The molecular weight excluding hydrogens is 262 g/mol. The van der Waals surface area contributed by atoms with E-state index in [0.29, 0.717) is 11.3 Å². The van der Waals surface area contributed by atoms with E-state index in [-0.39, 0.29) is 11.7 Å². The average molecular weight is 278 g/mol. The molecule has 1 atom stereocenters. The molecule has 1 heterocycles. The minimum Gasteiger partial charge on any atom is -0.489 e. The Labute approximate surface area is 116 Å². The standard InChI is InChI=1S/C15H16F2N2O/c1-9(2)20-11-6-10(7-19-8-11)15(18)14-12(16)4-3-5-13(14)17/h3-9,15H,18H2,1-2H3. The first-order chi connectivity index (χ1) is 9.49. The largest absolute Gasteiger partial charge is 0.489 e. The fourth-order valence-corrected chi connectivity index (χ4v) is 1.92. The van der Waals surface area contributed by atoms with Crippen molar-refractivity contribution < 1.29 is 13.5 Å². The van der Waals surface area contributed by atoms with Gasteiger partial charge in [0.25, 0.3) is 0 Å². The molecule has 0 aliphatic rings. The number of pyridine rings is 1. The maximum absolute atomic E-state index is 13.7. The van der Waals surface area contributed by atoms with Crippen molar-refractivity contribution in [3.05, 3.63) is 59.4 Å². The summed E-state index contributed by atoms with van der Waals surface area (Å²) in [4.78, 5) is 3.99. The monoisotopic (exact) mass is 278 g/mol. The van der Waals surface area contributed by atoms with Crippen LogP contribution in [0.3, 0.4) is 0 Å². The number of benzene rings is 1. The molecule has 2 N–H and O–H groups in total. The molecule has 0 aliphatic carbocycles. The predicted molar refractivity (Wildman–Crippen MR) is 72.4 cm³/mol. The van der Waals surface area contributed by atoms with Crippen molar-refractivity contribution in [2.75, 3.05) is 0 Å². The van der Waals surface area contributed by atoms with E-state index in [1.54, 1.807) is 6.07 Å². The Kier molecular flexibility index (Phi) is 4.29. The molecule has 0 fully saturated rings. The van der Waals surface area contributed by atoms with Gasteiger partial charge in [0.05, 0.1) is 18.3 Å². The first-order valence-corrected chi connectivity index (χ1v) is 6.30. The maximum atomic E-state index is 13.7. The lowest BCUT2D eigenvalue weighted by atomic mass is 10.00. The summed E-state index contributed by atoms with van der Waals surface area (Å²) < 4.78 is 32.9. The first kappa shape index (κ1) is 14.4. The molecule has 0 saturated carbocycles. The number of nitrogens with zero attached hydrogens (tertiary/aromatic N) is 1. The van der Waals surface area contributed by atoms with Gasteiger partial charge in [-0.2, -0.15) is 0 Å². The van der Waals surface area contributed by atoms with Crippen LogP contribution in [0, 0.1) is 11.6 Å². The van der Waals surface area contributed by atoms with Gasteiger partial charge in [-0.1, -0.05) is 6.07 Å². The second-order valence-electron chi connectivity index (χ2n) is 4.73. The van der Waals surface area contributed by atoms with E-state index >= 15 is 0 Å². The Bertz CT molecular complexity index is 582. The molecule has 1 aromatic carbocycles. The summed E-state index contributed by atoms with van der Waals surface area (Å²) in [7, 11) is 0. The number of hydrogen-bond donors (Lipinski definition) is 1. The number of aromatic nitrogens is 1. The first-order valence-electron chi connectivity index (χ1n) is 6.30. The van der Waals surface area contributed by atoms with Gasteiger partial charge in [-0.05, 0) is 37.6 Å². The van der Waals surface area contributed by atoms with E-state index in [9.17, 15) is 8.78 Å². The fraction of sp³-hybridized carbons (Fsp3) is 0.267. The number of halogens is 2. The SMILES string of the molecule is CC(C)Oc1cncc(C(N)c2c(F)cccc2F)c1. The van der Waals surface area contributed by atoms with Crippen LogP contribution in [0.2, 0.25) is 0 Å². The van der Waals surface area contributed by atoms with Crippen LogP contribution >= 0.6 is 0 Å². The zero-order chi connectivity index (χ0) is 14.7. The molecule has 0 aliphatic heterocycles. The van der Waals surface area contributed by atoms with Crippen molar-refractivity contribution in [3.63, 3.8) is 0 Å². The van der Waals surface area contributed by atoms with E-state index in [1.807, 2.05) is 13.8 Å². The van der Waals surface area contributed by atoms with Crippen molar-refractivity contribution in [2.24, 2.45) is 5.73 Å². The van der Waals surface area contributed by atoms with Gasteiger partial charge < -0.3 is 10.5 Å². The van der Waals surface area contributed by atoms with Crippen LogP contribution in [0.1, 0.15) is 31.0 Å². The molecular formula is C15H16F2N2O. The summed E-state index contributed by atoms with van der Waals surface area (Å²) in [6.07, 6.45) is 2.99. The smallest absolute Gasteiger partial charge is 0.138 e. The zero-order valence-electron chi connectivity index (χ0n) is 11.3. The molecule has 2 aromatic rings.